The second-order valence-corrected chi connectivity index (χ2v) is 6.14. The first kappa shape index (κ1) is 18.9. The van der Waals surface area contributed by atoms with Gasteiger partial charge in [-0.25, -0.2) is 13.6 Å². The van der Waals surface area contributed by atoms with Crippen LogP contribution in [-0.4, -0.2) is 43.4 Å². The minimum absolute atomic E-state index is 0.117. The second kappa shape index (κ2) is 7.63. The van der Waals surface area contributed by atoms with E-state index in [4.69, 9.17) is 5.73 Å². The third-order valence-corrected chi connectivity index (χ3v) is 4.47. The number of carboxylic acid groups (broad SMARTS) is 1. The van der Waals surface area contributed by atoms with Crippen LogP contribution in [0.2, 0.25) is 0 Å². The van der Waals surface area contributed by atoms with Crippen LogP contribution < -0.4 is 10.6 Å². The van der Waals surface area contributed by atoms with E-state index in [0.717, 1.165) is 0 Å². The molecule has 0 saturated carbocycles. The molecule has 0 aliphatic carbocycles. The topological polar surface area (TPSA) is 78.9 Å². The summed E-state index contributed by atoms with van der Waals surface area (Å²) in [6.45, 7) is 2.23. The highest BCUT2D eigenvalue weighted by atomic mass is 19.3. The number of benzene rings is 1. The fourth-order valence-corrected chi connectivity index (χ4v) is 3.19. The number of nitrogens with zero attached hydrogens (tertiary/aromatic N) is 2. The molecule has 1 aliphatic heterocycles. The van der Waals surface area contributed by atoms with E-state index in [1.54, 1.807) is 37.2 Å². The van der Waals surface area contributed by atoms with Crippen molar-refractivity contribution in [1.82, 2.24) is 0 Å². The van der Waals surface area contributed by atoms with Crippen molar-refractivity contribution < 1.29 is 18.7 Å². The first-order valence-electron chi connectivity index (χ1n) is 8.15. The molecule has 136 valence electrons. The van der Waals surface area contributed by atoms with Crippen LogP contribution in [0.4, 0.5) is 14.5 Å². The molecule has 7 heteroatoms. The number of allylic oxidation sites excluding steroid dienone is 1. The number of hydrogen-bond donors (Lipinski definition) is 2. The Hall–Kier alpha value is -2.44. The summed E-state index contributed by atoms with van der Waals surface area (Å²) in [4.78, 5) is 17.5. The molecule has 1 heterocycles. The van der Waals surface area contributed by atoms with Gasteiger partial charge in [-0.15, -0.1) is 0 Å². The number of aromatic carboxylic acids is 1. The molecule has 1 aromatic carbocycles. The van der Waals surface area contributed by atoms with Gasteiger partial charge < -0.3 is 15.7 Å². The lowest BCUT2D eigenvalue weighted by molar-refractivity contribution is -0.0102. The van der Waals surface area contributed by atoms with E-state index >= 15 is 0 Å². The third kappa shape index (κ3) is 4.15. The smallest absolute Gasteiger partial charge is 0.338 e. The Morgan fingerprint density at radius 1 is 1.36 bits per heavy atom. The maximum absolute atomic E-state index is 13.6. The summed E-state index contributed by atoms with van der Waals surface area (Å²) in [5.41, 5.74) is 8.02. The molecule has 0 amide bonds. The van der Waals surface area contributed by atoms with Crippen molar-refractivity contribution in [2.75, 3.05) is 25.0 Å². The lowest BCUT2D eigenvalue weighted by Gasteiger charge is -2.26. The number of hydrogen-bond acceptors (Lipinski definition) is 4. The van der Waals surface area contributed by atoms with Crippen LogP contribution in [0.1, 0.15) is 40.7 Å². The van der Waals surface area contributed by atoms with Gasteiger partial charge in [0.15, 0.2) is 0 Å². The van der Waals surface area contributed by atoms with E-state index in [1.807, 2.05) is 0 Å². The number of anilines is 1. The van der Waals surface area contributed by atoms with Crippen LogP contribution >= 0.6 is 0 Å². The maximum Gasteiger partial charge on any atom is 0.338 e. The van der Waals surface area contributed by atoms with Gasteiger partial charge in [0.05, 0.1) is 11.3 Å². The Kier molecular flexibility index (Phi) is 5.77. The van der Waals surface area contributed by atoms with E-state index in [2.05, 4.69) is 4.99 Å². The first-order valence-corrected chi connectivity index (χ1v) is 8.15. The Bertz CT molecular complexity index is 715. The normalized spacial score (nSPS) is 18.4. The summed E-state index contributed by atoms with van der Waals surface area (Å²) in [6, 6.07) is 3.43. The van der Waals surface area contributed by atoms with Crippen LogP contribution in [0, 0.1) is 6.92 Å². The largest absolute Gasteiger partial charge is 0.478 e. The molecular weight excluding hydrogens is 328 g/mol. The lowest BCUT2D eigenvalue weighted by atomic mass is 9.95. The standard InChI is InChI=1S/C18H23F2N3O2/c1-12-14(13(10-21)11-22-2)4-5-15(16(12)17(24)25)23-8-3-6-18(19,20)7-9-23/h4-5,10-11H,3,6-9,21H2,1-2H3,(H,24,25)/b13-10+,22-11?. The summed E-state index contributed by atoms with van der Waals surface area (Å²) < 4.78 is 27.2. The van der Waals surface area contributed by atoms with Gasteiger partial charge in [-0.1, -0.05) is 6.07 Å². The molecule has 1 fully saturated rings. The number of carbonyl (C=O) groups is 1. The zero-order valence-corrected chi connectivity index (χ0v) is 14.4. The van der Waals surface area contributed by atoms with Crippen molar-refractivity contribution in [3.8, 4) is 0 Å². The molecule has 0 atom stereocenters. The van der Waals surface area contributed by atoms with Crippen LogP contribution in [0.25, 0.3) is 5.57 Å². The zero-order valence-electron chi connectivity index (χ0n) is 14.4. The molecule has 0 bridgehead atoms. The van der Waals surface area contributed by atoms with E-state index in [0.29, 0.717) is 35.4 Å². The fraction of sp³-hybridized carbons (Fsp3) is 0.444. The molecule has 25 heavy (non-hydrogen) atoms. The lowest BCUT2D eigenvalue weighted by Crippen LogP contribution is -2.28. The third-order valence-electron chi connectivity index (χ3n) is 4.47. The van der Waals surface area contributed by atoms with Crippen molar-refractivity contribution in [2.45, 2.75) is 32.1 Å². The summed E-state index contributed by atoms with van der Waals surface area (Å²) in [5, 5.41) is 9.70. The van der Waals surface area contributed by atoms with Gasteiger partial charge in [-0.2, -0.15) is 0 Å². The molecule has 1 aliphatic rings. The molecule has 5 nitrogen and oxygen atoms in total. The molecular formula is C18H23F2N3O2. The van der Waals surface area contributed by atoms with E-state index < -0.39 is 11.9 Å². The van der Waals surface area contributed by atoms with Crippen LogP contribution in [0.5, 0.6) is 0 Å². The highest BCUT2D eigenvalue weighted by Crippen LogP contribution is 2.34. The number of halogens is 2. The molecule has 0 unspecified atom stereocenters. The second-order valence-electron chi connectivity index (χ2n) is 6.14. The Morgan fingerprint density at radius 2 is 2.08 bits per heavy atom. The molecule has 1 saturated heterocycles. The number of alkyl halides is 2. The van der Waals surface area contributed by atoms with Gasteiger partial charge in [-0.3, -0.25) is 4.99 Å². The Morgan fingerprint density at radius 3 is 2.68 bits per heavy atom. The van der Waals surface area contributed by atoms with Gasteiger partial charge in [0, 0.05) is 51.0 Å². The molecule has 0 aromatic heterocycles. The summed E-state index contributed by atoms with van der Waals surface area (Å²) in [5.74, 6) is -3.78. The van der Waals surface area contributed by atoms with Crippen LogP contribution in [0.3, 0.4) is 0 Å². The highest BCUT2D eigenvalue weighted by Gasteiger charge is 2.33. The number of rotatable bonds is 4. The molecule has 0 spiro atoms. The quantitative estimate of drug-likeness (QED) is 0.816. The number of aliphatic imine (C=N–C) groups is 1. The minimum atomic E-state index is -2.69. The van der Waals surface area contributed by atoms with Gasteiger partial charge in [0.1, 0.15) is 0 Å². The predicted octanol–water partition coefficient (Wildman–Crippen LogP) is 3.32. The SMILES string of the molecule is CN=C/C(=C\N)c1ccc(N2CCCC(F)(F)CC2)c(C(=O)O)c1C. The van der Waals surface area contributed by atoms with Crippen LogP contribution in [-0.2, 0) is 0 Å². The van der Waals surface area contributed by atoms with Crippen molar-refractivity contribution in [1.29, 1.82) is 0 Å². The Labute approximate surface area is 145 Å². The molecule has 1 aromatic rings. The average Bonchev–Trinajstić information content (AvgIpc) is 2.73. The monoisotopic (exact) mass is 351 g/mol. The average molecular weight is 351 g/mol. The van der Waals surface area contributed by atoms with Crippen molar-refractivity contribution in [3.05, 3.63) is 35.0 Å². The van der Waals surface area contributed by atoms with Gasteiger partial charge >= 0.3 is 5.97 Å². The zero-order chi connectivity index (χ0) is 18.6. The maximum atomic E-state index is 13.6. The summed E-state index contributed by atoms with van der Waals surface area (Å²) in [6.07, 6.45) is 2.80. The van der Waals surface area contributed by atoms with Gasteiger partial charge in [0.2, 0.25) is 5.92 Å². The predicted molar refractivity (Wildman–Crippen MR) is 95.7 cm³/mol. The summed E-state index contributed by atoms with van der Waals surface area (Å²) in [7, 11) is 1.60. The van der Waals surface area contributed by atoms with E-state index in [1.165, 1.54) is 6.20 Å². The minimum Gasteiger partial charge on any atom is -0.478 e. The molecule has 3 N–H and O–H groups in total. The summed E-state index contributed by atoms with van der Waals surface area (Å²) >= 11 is 0. The molecule has 2 rings (SSSR count). The fourth-order valence-electron chi connectivity index (χ4n) is 3.19. The van der Waals surface area contributed by atoms with E-state index in [9.17, 15) is 18.7 Å². The molecule has 0 radical (unpaired) electrons. The van der Waals surface area contributed by atoms with Gasteiger partial charge in [-0.05, 0) is 30.5 Å². The van der Waals surface area contributed by atoms with E-state index in [-0.39, 0.29) is 24.9 Å². The Balaban J connectivity index is 2.49. The number of carboxylic acids is 1. The number of nitrogens with two attached hydrogens (primary N) is 1. The van der Waals surface area contributed by atoms with Crippen molar-refractivity contribution >= 4 is 23.4 Å². The van der Waals surface area contributed by atoms with Crippen molar-refractivity contribution in [2.24, 2.45) is 10.7 Å². The van der Waals surface area contributed by atoms with Crippen LogP contribution in [0.15, 0.2) is 23.3 Å². The first-order chi connectivity index (χ1) is 11.8. The van der Waals surface area contributed by atoms with Crippen molar-refractivity contribution in [3.63, 3.8) is 0 Å². The van der Waals surface area contributed by atoms with Gasteiger partial charge in [0.25, 0.3) is 0 Å². The highest BCUT2D eigenvalue weighted by molar-refractivity contribution is 6.11.